The molecule has 6 nitrogen and oxygen atoms in total. The molecular weight excluding hydrogens is 424 g/mol. The first-order valence-corrected chi connectivity index (χ1v) is 11.4. The Balaban J connectivity index is 1.42. The number of rotatable bonds is 4. The lowest BCUT2D eigenvalue weighted by atomic mass is 10.2. The number of amides is 1. The van der Waals surface area contributed by atoms with Gasteiger partial charge in [0, 0.05) is 36.8 Å². The van der Waals surface area contributed by atoms with E-state index < -0.39 is 10.0 Å². The Kier molecular flexibility index (Phi) is 5.69. The van der Waals surface area contributed by atoms with Gasteiger partial charge in [-0.3, -0.25) is 4.79 Å². The summed E-state index contributed by atoms with van der Waals surface area (Å²) in [7, 11) is -3.57. The van der Waals surface area contributed by atoms with Crippen molar-refractivity contribution in [1.82, 2.24) is 9.21 Å². The maximum absolute atomic E-state index is 12.8. The summed E-state index contributed by atoms with van der Waals surface area (Å²) >= 11 is 5.91. The van der Waals surface area contributed by atoms with Crippen molar-refractivity contribution in [2.75, 3.05) is 26.2 Å². The van der Waals surface area contributed by atoms with Crippen molar-refractivity contribution >= 4 is 27.5 Å². The average Bonchev–Trinajstić information content (AvgIpc) is 3.24. The SMILES string of the molecule is Cc1ccc(S(=O)(=O)N2CCN(C(=O)c3ccc(-c4ccc(Cl)cc4)o3)CC2)cc1. The third kappa shape index (κ3) is 4.14. The molecule has 8 heteroatoms. The number of carbonyl (C=O) groups is 1. The fraction of sp³-hybridized carbons (Fsp3) is 0.227. The number of benzene rings is 2. The van der Waals surface area contributed by atoms with Gasteiger partial charge in [-0.1, -0.05) is 29.3 Å². The van der Waals surface area contributed by atoms with Gasteiger partial charge in [0.15, 0.2) is 5.76 Å². The summed E-state index contributed by atoms with van der Waals surface area (Å²) < 4.78 is 32.8. The van der Waals surface area contributed by atoms with Crippen LogP contribution >= 0.6 is 11.6 Å². The van der Waals surface area contributed by atoms with Gasteiger partial charge in [0.25, 0.3) is 5.91 Å². The fourth-order valence-electron chi connectivity index (χ4n) is 3.37. The second-order valence-electron chi connectivity index (χ2n) is 7.18. The summed E-state index contributed by atoms with van der Waals surface area (Å²) in [5.74, 6) is 0.563. The van der Waals surface area contributed by atoms with Crippen molar-refractivity contribution < 1.29 is 17.6 Å². The highest BCUT2D eigenvalue weighted by molar-refractivity contribution is 7.89. The molecule has 0 unspecified atom stereocenters. The minimum absolute atomic E-state index is 0.231. The third-order valence-electron chi connectivity index (χ3n) is 5.13. The van der Waals surface area contributed by atoms with Crippen molar-refractivity contribution in [3.8, 4) is 11.3 Å². The molecule has 0 saturated carbocycles. The summed E-state index contributed by atoms with van der Waals surface area (Å²) in [6.07, 6.45) is 0. The van der Waals surface area contributed by atoms with Gasteiger partial charge in [-0.25, -0.2) is 8.42 Å². The quantitative estimate of drug-likeness (QED) is 0.608. The maximum atomic E-state index is 12.8. The first-order valence-electron chi connectivity index (χ1n) is 9.56. The van der Waals surface area contributed by atoms with Crippen LogP contribution in [0, 0.1) is 6.92 Å². The first-order chi connectivity index (χ1) is 14.3. The Bertz CT molecular complexity index is 1150. The van der Waals surface area contributed by atoms with E-state index in [1.165, 1.54) is 4.31 Å². The van der Waals surface area contributed by atoms with Crippen LogP contribution in [0.25, 0.3) is 11.3 Å². The Labute approximate surface area is 180 Å². The van der Waals surface area contributed by atoms with E-state index in [9.17, 15) is 13.2 Å². The van der Waals surface area contributed by atoms with E-state index in [2.05, 4.69) is 0 Å². The van der Waals surface area contributed by atoms with E-state index in [1.54, 1.807) is 53.4 Å². The van der Waals surface area contributed by atoms with Crippen molar-refractivity contribution in [3.05, 3.63) is 77.0 Å². The standard InChI is InChI=1S/C22H21ClN2O4S/c1-16-2-8-19(9-3-16)30(27,28)25-14-12-24(13-15-25)22(26)21-11-10-20(29-21)17-4-6-18(23)7-5-17/h2-11H,12-15H2,1H3. The molecule has 0 spiro atoms. The smallest absolute Gasteiger partial charge is 0.289 e. The van der Waals surface area contributed by atoms with Crippen molar-refractivity contribution in [3.63, 3.8) is 0 Å². The number of hydrogen-bond acceptors (Lipinski definition) is 4. The van der Waals surface area contributed by atoms with E-state index in [1.807, 2.05) is 19.1 Å². The fourth-order valence-corrected chi connectivity index (χ4v) is 4.92. The molecule has 0 N–H and O–H groups in total. The van der Waals surface area contributed by atoms with Gasteiger partial charge in [-0.15, -0.1) is 0 Å². The number of piperazine rings is 1. The number of carbonyl (C=O) groups excluding carboxylic acids is 1. The molecule has 1 saturated heterocycles. The van der Waals surface area contributed by atoms with Gasteiger partial charge in [0.2, 0.25) is 10.0 Å². The maximum Gasteiger partial charge on any atom is 0.289 e. The monoisotopic (exact) mass is 444 g/mol. The minimum Gasteiger partial charge on any atom is -0.451 e. The molecule has 1 aliphatic heterocycles. The molecule has 1 fully saturated rings. The zero-order valence-electron chi connectivity index (χ0n) is 16.4. The van der Waals surface area contributed by atoms with Crippen LogP contribution in [0.5, 0.6) is 0 Å². The molecule has 0 bridgehead atoms. The largest absolute Gasteiger partial charge is 0.451 e. The van der Waals surface area contributed by atoms with E-state index in [0.717, 1.165) is 11.1 Å². The molecule has 0 aliphatic carbocycles. The van der Waals surface area contributed by atoms with Crippen LogP contribution in [0.15, 0.2) is 70.0 Å². The van der Waals surface area contributed by atoms with E-state index >= 15 is 0 Å². The zero-order valence-corrected chi connectivity index (χ0v) is 18.0. The minimum atomic E-state index is -3.57. The van der Waals surface area contributed by atoms with Crippen LogP contribution in [0.4, 0.5) is 0 Å². The number of nitrogens with zero attached hydrogens (tertiary/aromatic N) is 2. The Hall–Kier alpha value is -2.61. The number of halogens is 1. The third-order valence-corrected chi connectivity index (χ3v) is 7.29. The number of hydrogen-bond donors (Lipinski definition) is 0. The van der Waals surface area contributed by atoms with Gasteiger partial charge in [-0.2, -0.15) is 4.31 Å². The van der Waals surface area contributed by atoms with E-state index in [0.29, 0.717) is 23.9 Å². The first kappa shape index (κ1) is 20.7. The topological polar surface area (TPSA) is 70.8 Å². The van der Waals surface area contributed by atoms with Gasteiger partial charge >= 0.3 is 0 Å². The summed E-state index contributed by atoms with van der Waals surface area (Å²) in [6.45, 7) is 3.01. The normalized spacial score (nSPS) is 15.3. The molecule has 1 aliphatic rings. The second kappa shape index (κ2) is 8.26. The average molecular weight is 445 g/mol. The van der Waals surface area contributed by atoms with Crippen LogP contribution in [0.3, 0.4) is 0 Å². The second-order valence-corrected chi connectivity index (χ2v) is 9.55. The highest BCUT2D eigenvalue weighted by atomic mass is 35.5. The lowest BCUT2D eigenvalue weighted by Crippen LogP contribution is -2.50. The molecule has 1 aromatic heterocycles. The number of furan rings is 1. The van der Waals surface area contributed by atoms with Crippen LogP contribution in [0.1, 0.15) is 16.1 Å². The zero-order chi connectivity index (χ0) is 21.3. The molecule has 3 aromatic rings. The Morgan fingerprint density at radius 3 is 2.17 bits per heavy atom. The predicted octanol–water partition coefficient (Wildman–Crippen LogP) is 4.06. The Morgan fingerprint density at radius 1 is 0.900 bits per heavy atom. The summed E-state index contributed by atoms with van der Waals surface area (Å²) in [4.78, 5) is 14.7. The van der Waals surface area contributed by atoms with Crippen molar-refractivity contribution in [1.29, 1.82) is 0 Å². The highest BCUT2D eigenvalue weighted by Gasteiger charge is 2.31. The van der Waals surface area contributed by atoms with Crippen molar-refractivity contribution in [2.24, 2.45) is 0 Å². The van der Waals surface area contributed by atoms with Crippen LogP contribution in [-0.4, -0.2) is 49.7 Å². The predicted molar refractivity (Wildman–Crippen MR) is 115 cm³/mol. The van der Waals surface area contributed by atoms with Crippen LogP contribution in [0.2, 0.25) is 5.02 Å². The highest BCUT2D eigenvalue weighted by Crippen LogP contribution is 2.25. The molecule has 0 radical (unpaired) electrons. The molecule has 2 aromatic carbocycles. The van der Waals surface area contributed by atoms with Gasteiger partial charge in [-0.05, 0) is 55.5 Å². The molecular formula is C22H21ClN2O4S. The molecule has 156 valence electrons. The Morgan fingerprint density at radius 2 is 1.53 bits per heavy atom. The van der Waals surface area contributed by atoms with E-state index in [-0.39, 0.29) is 29.7 Å². The summed E-state index contributed by atoms with van der Waals surface area (Å²) in [5.41, 5.74) is 1.83. The molecule has 4 rings (SSSR count). The summed E-state index contributed by atoms with van der Waals surface area (Å²) in [5, 5.41) is 0.625. The van der Waals surface area contributed by atoms with Crippen LogP contribution < -0.4 is 0 Å². The van der Waals surface area contributed by atoms with Gasteiger partial charge in [0.1, 0.15) is 5.76 Å². The molecule has 30 heavy (non-hydrogen) atoms. The lowest BCUT2D eigenvalue weighted by Gasteiger charge is -2.33. The number of sulfonamides is 1. The molecule has 1 amide bonds. The molecule has 0 atom stereocenters. The van der Waals surface area contributed by atoms with Crippen LogP contribution in [-0.2, 0) is 10.0 Å². The van der Waals surface area contributed by atoms with Gasteiger partial charge in [0.05, 0.1) is 4.90 Å². The van der Waals surface area contributed by atoms with Crippen molar-refractivity contribution in [2.45, 2.75) is 11.8 Å². The molecule has 2 heterocycles. The lowest BCUT2D eigenvalue weighted by molar-refractivity contribution is 0.0667. The van der Waals surface area contributed by atoms with Gasteiger partial charge < -0.3 is 9.32 Å². The summed E-state index contributed by atoms with van der Waals surface area (Å²) in [6, 6.07) is 17.3. The van der Waals surface area contributed by atoms with E-state index in [4.69, 9.17) is 16.0 Å². The number of aryl methyl sites for hydroxylation is 1.